The van der Waals surface area contributed by atoms with E-state index in [2.05, 4.69) is 11.8 Å². The molecule has 0 aromatic rings. The van der Waals surface area contributed by atoms with Gasteiger partial charge in [-0.25, -0.2) is 0 Å². The van der Waals surface area contributed by atoms with Gasteiger partial charge >= 0.3 is 0 Å². The van der Waals surface area contributed by atoms with Crippen molar-refractivity contribution in [3.05, 3.63) is 0 Å². The van der Waals surface area contributed by atoms with Crippen molar-refractivity contribution in [1.29, 1.82) is 0 Å². The number of nitrogens with two attached hydrogens (primary N) is 1. The Morgan fingerprint density at radius 3 is 2.44 bits per heavy atom. The van der Waals surface area contributed by atoms with Gasteiger partial charge in [-0.3, -0.25) is 4.90 Å². The lowest BCUT2D eigenvalue weighted by molar-refractivity contribution is 0.0169. The first-order valence-electron chi connectivity index (χ1n) is 6.66. The highest BCUT2D eigenvalue weighted by atomic mass is 16.3. The van der Waals surface area contributed by atoms with Crippen molar-refractivity contribution in [3.8, 4) is 0 Å². The molecule has 1 rings (SSSR count). The molecule has 96 valence electrons. The van der Waals surface area contributed by atoms with E-state index in [0.29, 0.717) is 6.04 Å². The summed E-state index contributed by atoms with van der Waals surface area (Å²) in [5, 5.41) is 9.92. The second-order valence-electron chi connectivity index (χ2n) is 5.74. The summed E-state index contributed by atoms with van der Waals surface area (Å²) in [5.41, 5.74) is 5.63. The molecule has 16 heavy (non-hydrogen) atoms. The van der Waals surface area contributed by atoms with Gasteiger partial charge in [-0.05, 0) is 33.2 Å². The normalized spacial score (nSPS) is 28.1. The molecule has 0 bridgehead atoms. The minimum absolute atomic E-state index is 0.282. The zero-order valence-corrected chi connectivity index (χ0v) is 11.1. The van der Waals surface area contributed by atoms with Gasteiger partial charge in [0.25, 0.3) is 0 Å². The van der Waals surface area contributed by atoms with Gasteiger partial charge in [0, 0.05) is 18.6 Å². The molecule has 3 heteroatoms. The van der Waals surface area contributed by atoms with Gasteiger partial charge in [-0.1, -0.05) is 26.2 Å². The van der Waals surface area contributed by atoms with Crippen LogP contribution >= 0.6 is 0 Å². The topological polar surface area (TPSA) is 49.5 Å². The molecule has 3 N–H and O–H groups in total. The van der Waals surface area contributed by atoms with E-state index < -0.39 is 5.60 Å². The number of nitrogens with zero attached hydrogens (tertiary/aromatic N) is 1. The fourth-order valence-electron chi connectivity index (χ4n) is 2.73. The van der Waals surface area contributed by atoms with E-state index >= 15 is 0 Å². The molecule has 0 heterocycles. The third kappa shape index (κ3) is 4.40. The quantitative estimate of drug-likeness (QED) is 0.721. The van der Waals surface area contributed by atoms with Crippen LogP contribution in [0.2, 0.25) is 0 Å². The SMILES string of the molecule is CCN(CC(C)(C)O)C1CCCCCC1N. The summed E-state index contributed by atoms with van der Waals surface area (Å²) in [7, 11) is 0. The number of hydrogen-bond acceptors (Lipinski definition) is 3. The van der Waals surface area contributed by atoms with Crippen LogP contribution in [0.1, 0.15) is 52.9 Å². The fourth-order valence-corrected chi connectivity index (χ4v) is 2.73. The summed E-state index contributed by atoms with van der Waals surface area (Å²) in [6.07, 6.45) is 6.17. The lowest BCUT2D eigenvalue weighted by atomic mass is 10.00. The van der Waals surface area contributed by atoms with Gasteiger partial charge in [0.05, 0.1) is 5.60 Å². The van der Waals surface area contributed by atoms with Crippen molar-refractivity contribution in [2.24, 2.45) is 5.73 Å². The highest BCUT2D eigenvalue weighted by molar-refractivity contribution is 4.86. The lowest BCUT2D eigenvalue weighted by Gasteiger charge is -2.37. The van der Waals surface area contributed by atoms with Crippen molar-refractivity contribution in [2.75, 3.05) is 13.1 Å². The lowest BCUT2D eigenvalue weighted by Crippen LogP contribution is -2.51. The van der Waals surface area contributed by atoms with Gasteiger partial charge in [0.1, 0.15) is 0 Å². The van der Waals surface area contributed by atoms with Crippen molar-refractivity contribution in [1.82, 2.24) is 4.90 Å². The molecule has 0 spiro atoms. The van der Waals surface area contributed by atoms with Gasteiger partial charge in [-0.15, -0.1) is 0 Å². The molecule has 0 radical (unpaired) electrons. The molecule has 1 fully saturated rings. The second kappa shape index (κ2) is 5.99. The molecule has 0 aromatic heterocycles. The van der Waals surface area contributed by atoms with Crippen LogP contribution in [-0.2, 0) is 0 Å². The third-order valence-corrected chi connectivity index (χ3v) is 3.50. The average molecular weight is 228 g/mol. The summed E-state index contributed by atoms with van der Waals surface area (Å²) in [4.78, 5) is 2.36. The standard InChI is InChI=1S/C13H28N2O/c1-4-15(10-13(2,3)16)12-9-7-5-6-8-11(12)14/h11-12,16H,4-10,14H2,1-3H3. The predicted octanol–water partition coefficient (Wildman–Crippen LogP) is 1.74. The first-order chi connectivity index (χ1) is 7.44. The molecule has 1 aliphatic carbocycles. The molecule has 0 aliphatic heterocycles. The zero-order valence-electron chi connectivity index (χ0n) is 11.1. The van der Waals surface area contributed by atoms with Crippen LogP contribution in [0.15, 0.2) is 0 Å². The summed E-state index contributed by atoms with van der Waals surface area (Å²) >= 11 is 0. The Hall–Kier alpha value is -0.120. The molecule has 1 saturated carbocycles. The minimum Gasteiger partial charge on any atom is -0.389 e. The Kier molecular flexibility index (Phi) is 5.22. The smallest absolute Gasteiger partial charge is 0.0718 e. The second-order valence-corrected chi connectivity index (χ2v) is 5.74. The van der Waals surface area contributed by atoms with E-state index in [4.69, 9.17) is 5.73 Å². The van der Waals surface area contributed by atoms with Crippen LogP contribution in [0.5, 0.6) is 0 Å². The van der Waals surface area contributed by atoms with Gasteiger partial charge in [-0.2, -0.15) is 0 Å². The Balaban J connectivity index is 2.62. The van der Waals surface area contributed by atoms with E-state index in [1.165, 1.54) is 25.7 Å². The van der Waals surface area contributed by atoms with Crippen LogP contribution in [0, 0.1) is 0 Å². The van der Waals surface area contributed by atoms with Gasteiger partial charge < -0.3 is 10.8 Å². The van der Waals surface area contributed by atoms with E-state index in [1.54, 1.807) is 0 Å². The molecule has 1 aliphatic rings. The van der Waals surface area contributed by atoms with Gasteiger partial charge in [0.15, 0.2) is 0 Å². The van der Waals surface area contributed by atoms with Crippen LogP contribution < -0.4 is 5.73 Å². The first-order valence-corrected chi connectivity index (χ1v) is 6.66. The summed E-state index contributed by atoms with van der Waals surface area (Å²) in [6.45, 7) is 7.60. The van der Waals surface area contributed by atoms with Gasteiger partial charge in [0.2, 0.25) is 0 Å². The Morgan fingerprint density at radius 1 is 1.25 bits per heavy atom. The highest BCUT2D eigenvalue weighted by Gasteiger charge is 2.28. The van der Waals surface area contributed by atoms with E-state index in [1.807, 2.05) is 13.8 Å². The Bertz CT molecular complexity index is 201. The molecular weight excluding hydrogens is 200 g/mol. The third-order valence-electron chi connectivity index (χ3n) is 3.50. The molecular formula is C13H28N2O. The maximum absolute atomic E-state index is 9.92. The maximum Gasteiger partial charge on any atom is 0.0718 e. The molecule has 0 amide bonds. The van der Waals surface area contributed by atoms with Crippen LogP contribution in [0.3, 0.4) is 0 Å². The summed E-state index contributed by atoms with van der Waals surface area (Å²) in [6, 6.07) is 0.740. The molecule has 0 aromatic carbocycles. The number of likely N-dealkylation sites (N-methyl/N-ethyl adjacent to an activating group) is 1. The summed E-state index contributed by atoms with van der Waals surface area (Å²) in [5.74, 6) is 0. The highest BCUT2D eigenvalue weighted by Crippen LogP contribution is 2.22. The molecule has 2 atom stereocenters. The molecule has 0 saturated heterocycles. The Morgan fingerprint density at radius 2 is 1.88 bits per heavy atom. The molecule has 2 unspecified atom stereocenters. The van der Waals surface area contributed by atoms with Crippen LogP contribution in [0.4, 0.5) is 0 Å². The van der Waals surface area contributed by atoms with Crippen LogP contribution in [-0.4, -0.2) is 40.8 Å². The maximum atomic E-state index is 9.92. The summed E-state index contributed by atoms with van der Waals surface area (Å²) < 4.78 is 0. The number of aliphatic hydroxyl groups is 1. The monoisotopic (exact) mass is 228 g/mol. The van der Waals surface area contributed by atoms with Crippen molar-refractivity contribution in [2.45, 2.75) is 70.6 Å². The van der Waals surface area contributed by atoms with Crippen molar-refractivity contribution < 1.29 is 5.11 Å². The van der Waals surface area contributed by atoms with E-state index in [9.17, 15) is 5.11 Å². The number of hydrogen-bond donors (Lipinski definition) is 2. The largest absolute Gasteiger partial charge is 0.389 e. The average Bonchev–Trinajstić information content (AvgIpc) is 2.38. The van der Waals surface area contributed by atoms with Crippen molar-refractivity contribution >= 4 is 0 Å². The first kappa shape index (κ1) is 13.9. The van der Waals surface area contributed by atoms with E-state index in [0.717, 1.165) is 19.5 Å². The minimum atomic E-state index is -0.623. The molecule has 3 nitrogen and oxygen atoms in total. The zero-order chi connectivity index (χ0) is 12.2. The number of rotatable bonds is 4. The van der Waals surface area contributed by atoms with Crippen molar-refractivity contribution in [3.63, 3.8) is 0 Å². The predicted molar refractivity (Wildman–Crippen MR) is 68.4 cm³/mol. The fraction of sp³-hybridized carbons (Fsp3) is 1.00. The Labute approximate surface area is 100 Å². The van der Waals surface area contributed by atoms with Crippen LogP contribution in [0.25, 0.3) is 0 Å². The van der Waals surface area contributed by atoms with E-state index in [-0.39, 0.29) is 6.04 Å².